The fraction of sp³-hybridized carbons (Fsp3) is 0.176. The van der Waals surface area contributed by atoms with E-state index in [0.717, 1.165) is 5.56 Å². The summed E-state index contributed by atoms with van der Waals surface area (Å²) in [7, 11) is 1.40. The third-order valence-corrected chi connectivity index (χ3v) is 3.68. The molecule has 2 aromatic carbocycles. The molecule has 0 saturated carbocycles. The number of ether oxygens (including phenoxy) is 1. The molecule has 0 fully saturated rings. The molecule has 1 N–H and O–H groups in total. The number of benzene rings is 2. The Bertz CT molecular complexity index is 738. The number of aldehydes is 1. The van der Waals surface area contributed by atoms with Gasteiger partial charge < -0.3 is 9.84 Å². The molecule has 0 amide bonds. The number of thiol groups is 1. The standard InChI is InChI=1S/C17H16O4S/c1-10-3-5-13(12(7-10)9-19)14-6-4-11(8-18)16(21-2)15(14)17(20)22/h3-8,19H,9H2,1-2H3,(H,20,22). The number of hydrogen-bond acceptors (Lipinski definition) is 4. The van der Waals surface area contributed by atoms with Crippen molar-refractivity contribution in [1.82, 2.24) is 0 Å². The fourth-order valence-corrected chi connectivity index (χ4v) is 2.69. The maximum Gasteiger partial charge on any atom is 0.220 e. The van der Waals surface area contributed by atoms with Gasteiger partial charge in [0, 0.05) is 0 Å². The molecule has 22 heavy (non-hydrogen) atoms. The van der Waals surface area contributed by atoms with Gasteiger partial charge in [-0.1, -0.05) is 29.8 Å². The van der Waals surface area contributed by atoms with Crippen molar-refractivity contribution >= 4 is 24.0 Å². The quantitative estimate of drug-likeness (QED) is 0.657. The second kappa shape index (κ2) is 6.77. The topological polar surface area (TPSA) is 63.6 Å². The van der Waals surface area contributed by atoms with Crippen LogP contribution in [-0.2, 0) is 6.61 Å². The zero-order valence-corrected chi connectivity index (χ0v) is 13.2. The van der Waals surface area contributed by atoms with Gasteiger partial charge in [-0.25, -0.2) is 0 Å². The summed E-state index contributed by atoms with van der Waals surface area (Å²) in [6.07, 6.45) is 0.630. The average Bonchev–Trinajstić information content (AvgIpc) is 2.52. The van der Waals surface area contributed by atoms with E-state index in [1.807, 2.05) is 25.1 Å². The van der Waals surface area contributed by atoms with Crippen molar-refractivity contribution in [2.45, 2.75) is 13.5 Å². The molecular weight excluding hydrogens is 300 g/mol. The number of hydrogen-bond donors (Lipinski definition) is 2. The maximum atomic E-state index is 12.0. The van der Waals surface area contributed by atoms with Crippen LogP contribution in [0, 0.1) is 6.92 Å². The molecule has 5 heteroatoms. The van der Waals surface area contributed by atoms with Crippen molar-refractivity contribution in [2.24, 2.45) is 0 Å². The largest absolute Gasteiger partial charge is 0.495 e. The van der Waals surface area contributed by atoms with E-state index in [1.165, 1.54) is 7.11 Å². The number of aliphatic hydroxyl groups excluding tert-OH is 1. The Balaban J connectivity index is 2.81. The van der Waals surface area contributed by atoms with Gasteiger partial charge in [-0.3, -0.25) is 9.59 Å². The third-order valence-electron chi connectivity index (χ3n) is 3.45. The first-order valence-corrected chi connectivity index (χ1v) is 7.08. The van der Waals surface area contributed by atoms with Gasteiger partial charge in [0.1, 0.15) is 5.75 Å². The number of aryl methyl sites for hydroxylation is 1. The predicted molar refractivity (Wildman–Crippen MR) is 87.8 cm³/mol. The lowest BCUT2D eigenvalue weighted by atomic mass is 9.93. The molecule has 0 aliphatic carbocycles. The molecular formula is C17H16O4S. The van der Waals surface area contributed by atoms with Gasteiger partial charge in [-0.05, 0) is 29.7 Å². The second-order valence-electron chi connectivity index (χ2n) is 4.85. The molecule has 0 atom stereocenters. The summed E-state index contributed by atoms with van der Waals surface area (Å²) in [6, 6.07) is 8.82. The van der Waals surface area contributed by atoms with Crippen LogP contribution in [0.4, 0.5) is 0 Å². The number of carbonyl (C=O) groups excluding carboxylic acids is 2. The molecule has 114 valence electrons. The molecule has 0 radical (unpaired) electrons. The summed E-state index contributed by atoms with van der Waals surface area (Å²) < 4.78 is 5.22. The minimum Gasteiger partial charge on any atom is -0.495 e. The highest BCUT2D eigenvalue weighted by molar-refractivity contribution is 7.97. The van der Waals surface area contributed by atoms with Crippen molar-refractivity contribution in [1.29, 1.82) is 0 Å². The predicted octanol–water partition coefficient (Wildman–Crippen LogP) is 3.05. The van der Waals surface area contributed by atoms with Crippen LogP contribution in [0.3, 0.4) is 0 Å². The Kier molecular flexibility index (Phi) is 5.00. The summed E-state index contributed by atoms with van der Waals surface area (Å²) in [5.41, 5.74) is 3.47. The first-order valence-electron chi connectivity index (χ1n) is 6.63. The molecule has 0 spiro atoms. The summed E-state index contributed by atoms with van der Waals surface area (Å²) >= 11 is 3.90. The van der Waals surface area contributed by atoms with Crippen molar-refractivity contribution in [2.75, 3.05) is 7.11 Å². The monoisotopic (exact) mass is 316 g/mol. The van der Waals surface area contributed by atoms with Crippen LogP contribution < -0.4 is 4.74 Å². The smallest absolute Gasteiger partial charge is 0.220 e. The summed E-state index contributed by atoms with van der Waals surface area (Å²) in [5, 5.41) is 9.07. The lowest BCUT2D eigenvalue weighted by Gasteiger charge is -2.16. The average molecular weight is 316 g/mol. The highest BCUT2D eigenvalue weighted by atomic mass is 32.1. The zero-order valence-electron chi connectivity index (χ0n) is 12.3. The van der Waals surface area contributed by atoms with Crippen molar-refractivity contribution in [3.05, 3.63) is 52.6 Å². The van der Waals surface area contributed by atoms with Gasteiger partial charge in [0.05, 0.1) is 24.8 Å². The molecule has 4 nitrogen and oxygen atoms in total. The minimum absolute atomic E-state index is 0.158. The number of rotatable bonds is 5. The van der Waals surface area contributed by atoms with Crippen LogP contribution in [0.2, 0.25) is 0 Å². The molecule has 0 bridgehead atoms. The zero-order chi connectivity index (χ0) is 16.3. The first-order chi connectivity index (χ1) is 10.5. The SMILES string of the molecule is COc1c(C=O)ccc(-c2ccc(C)cc2CO)c1C(=O)S. The van der Waals surface area contributed by atoms with E-state index in [-0.39, 0.29) is 23.5 Å². The molecule has 0 saturated heterocycles. The normalized spacial score (nSPS) is 10.4. The molecule has 0 aromatic heterocycles. The van der Waals surface area contributed by atoms with Gasteiger partial charge in [0.25, 0.3) is 0 Å². The number of methoxy groups -OCH3 is 1. The minimum atomic E-state index is -0.500. The molecule has 2 rings (SSSR count). The van der Waals surface area contributed by atoms with Crippen molar-refractivity contribution in [3.8, 4) is 16.9 Å². The van der Waals surface area contributed by atoms with Crippen LogP contribution >= 0.6 is 12.6 Å². The second-order valence-corrected chi connectivity index (χ2v) is 5.26. The lowest BCUT2D eigenvalue weighted by molar-refractivity contribution is 0.108. The van der Waals surface area contributed by atoms with Crippen LogP contribution in [0.1, 0.15) is 31.8 Å². The number of carbonyl (C=O) groups is 2. The van der Waals surface area contributed by atoms with Gasteiger partial charge in [0.2, 0.25) is 5.12 Å². The Hall–Kier alpha value is -2.11. The Morgan fingerprint density at radius 2 is 1.95 bits per heavy atom. The Labute approximate surface area is 134 Å². The van der Waals surface area contributed by atoms with Crippen LogP contribution in [0.25, 0.3) is 11.1 Å². The maximum absolute atomic E-state index is 12.0. The van der Waals surface area contributed by atoms with E-state index in [4.69, 9.17) is 4.74 Å². The van der Waals surface area contributed by atoms with Crippen molar-refractivity contribution in [3.63, 3.8) is 0 Å². The highest BCUT2D eigenvalue weighted by Gasteiger charge is 2.20. The van der Waals surface area contributed by atoms with Gasteiger partial charge in [0.15, 0.2) is 6.29 Å². The summed E-state index contributed by atoms with van der Waals surface area (Å²) in [6.45, 7) is 1.76. The first kappa shape index (κ1) is 16.3. The van der Waals surface area contributed by atoms with Crippen LogP contribution in [-0.4, -0.2) is 23.6 Å². The Morgan fingerprint density at radius 1 is 1.27 bits per heavy atom. The summed E-state index contributed by atoms with van der Waals surface area (Å²) in [4.78, 5) is 23.1. The van der Waals surface area contributed by atoms with E-state index in [2.05, 4.69) is 12.6 Å². The van der Waals surface area contributed by atoms with Gasteiger partial charge >= 0.3 is 0 Å². The van der Waals surface area contributed by atoms with E-state index < -0.39 is 5.12 Å². The fourth-order valence-electron chi connectivity index (χ4n) is 2.46. The highest BCUT2D eigenvalue weighted by Crippen LogP contribution is 2.36. The molecule has 0 aliphatic rings. The van der Waals surface area contributed by atoms with Gasteiger partial charge in [-0.2, -0.15) is 0 Å². The van der Waals surface area contributed by atoms with Gasteiger partial charge in [-0.15, -0.1) is 12.6 Å². The van der Waals surface area contributed by atoms with Crippen LogP contribution in [0.15, 0.2) is 30.3 Å². The van der Waals surface area contributed by atoms with E-state index in [0.29, 0.717) is 23.0 Å². The van der Waals surface area contributed by atoms with Crippen molar-refractivity contribution < 1.29 is 19.4 Å². The third kappa shape index (κ3) is 2.91. The van der Waals surface area contributed by atoms with E-state index in [9.17, 15) is 14.7 Å². The van der Waals surface area contributed by atoms with Crippen LogP contribution in [0.5, 0.6) is 5.75 Å². The Morgan fingerprint density at radius 3 is 2.50 bits per heavy atom. The lowest BCUT2D eigenvalue weighted by Crippen LogP contribution is -2.04. The molecule has 0 heterocycles. The summed E-state index contributed by atoms with van der Waals surface area (Å²) in [5.74, 6) is 0.192. The molecule has 0 aliphatic heterocycles. The van der Waals surface area contributed by atoms with E-state index >= 15 is 0 Å². The molecule has 2 aromatic rings. The van der Waals surface area contributed by atoms with E-state index in [1.54, 1.807) is 12.1 Å². The molecule has 0 unspecified atom stereocenters. The number of aliphatic hydroxyl groups is 1.